The lowest BCUT2D eigenvalue weighted by Crippen LogP contribution is -2.51. The molecule has 2 fully saturated rings. The third kappa shape index (κ3) is 9.82. The Balaban J connectivity index is 1.33. The Morgan fingerprint density at radius 2 is 1.74 bits per heavy atom. The first-order valence-electron chi connectivity index (χ1n) is 16.8. The molecule has 1 amide bonds. The number of aliphatic hydroxyl groups excluding tert-OH is 1. The van der Waals surface area contributed by atoms with Crippen LogP contribution in [-0.4, -0.2) is 80.7 Å². The predicted octanol–water partition coefficient (Wildman–Crippen LogP) is 4.61. The van der Waals surface area contributed by atoms with Crippen molar-refractivity contribution >= 4 is 22.1 Å². The number of hydrogen-bond donors (Lipinski definition) is 2. The van der Waals surface area contributed by atoms with E-state index in [0.717, 1.165) is 11.1 Å². The summed E-state index contributed by atoms with van der Waals surface area (Å²) in [7, 11) is -4.12. The third-order valence-electron chi connectivity index (χ3n) is 8.64. The van der Waals surface area contributed by atoms with E-state index in [1.54, 1.807) is 6.92 Å². The van der Waals surface area contributed by atoms with Crippen LogP contribution in [0.1, 0.15) is 43.9 Å². The number of nitrogens with zero attached hydrogens (tertiary/aromatic N) is 1. The number of fused-ring (bicyclic) bond motifs is 1. The second-order valence-corrected chi connectivity index (χ2v) is 15.1. The van der Waals surface area contributed by atoms with Crippen molar-refractivity contribution in [3.63, 3.8) is 0 Å². The van der Waals surface area contributed by atoms with Gasteiger partial charge in [-0.3, -0.25) is 4.79 Å². The van der Waals surface area contributed by atoms with Crippen LogP contribution in [0.25, 0.3) is 0 Å². The van der Waals surface area contributed by atoms with E-state index in [9.17, 15) is 23.1 Å². The molecule has 0 spiro atoms. The molecule has 5 atom stereocenters. The van der Waals surface area contributed by atoms with Gasteiger partial charge < -0.3 is 34.1 Å². The van der Waals surface area contributed by atoms with Gasteiger partial charge in [-0.2, -0.15) is 4.31 Å². The molecule has 50 heavy (non-hydrogen) atoms. The second kappa shape index (κ2) is 16.8. The molecule has 5 rings (SSSR count). The van der Waals surface area contributed by atoms with Crippen molar-refractivity contribution in [3.05, 3.63) is 89.5 Å². The molecule has 3 aromatic rings. The van der Waals surface area contributed by atoms with Crippen LogP contribution in [0.5, 0.6) is 11.5 Å². The summed E-state index contributed by atoms with van der Waals surface area (Å²) in [5.74, 6) is 0.240. The number of aryl methyl sites for hydroxylation is 1. The minimum atomic E-state index is -4.12. The van der Waals surface area contributed by atoms with E-state index >= 15 is 0 Å². The van der Waals surface area contributed by atoms with Gasteiger partial charge in [0.25, 0.3) is 0 Å². The van der Waals surface area contributed by atoms with Crippen molar-refractivity contribution in [3.8, 4) is 11.5 Å². The topological polar surface area (TPSA) is 150 Å². The summed E-state index contributed by atoms with van der Waals surface area (Å²) in [6.45, 7) is 7.61. The van der Waals surface area contributed by atoms with Crippen molar-refractivity contribution < 1.29 is 46.8 Å². The highest BCUT2D eigenvalue weighted by Gasteiger charge is 2.44. The monoisotopic (exact) mass is 710 g/mol. The largest absolute Gasteiger partial charge is 0.489 e. The average molecular weight is 711 g/mol. The zero-order valence-corrected chi connectivity index (χ0v) is 29.6. The van der Waals surface area contributed by atoms with Crippen molar-refractivity contribution in [1.29, 1.82) is 0 Å². The van der Waals surface area contributed by atoms with Crippen molar-refractivity contribution in [2.45, 2.75) is 76.6 Å². The van der Waals surface area contributed by atoms with Crippen molar-refractivity contribution in [2.24, 2.45) is 11.8 Å². The highest BCUT2D eigenvalue weighted by Crippen LogP contribution is 2.33. The van der Waals surface area contributed by atoms with Crippen molar-refractivity contribution in [2.75, 3.05) is 26.3 Å². The summed E-state index contributed by atoms with van der Waals surface area (Å²) in [5.41, 5.74) is 2.28. The zero-order valence-electron chi connectivity index (χ0n) is 28.8. The van der Waals surface area contributed by atoms with Gasteiger partial charge in [0.1, 0.15) is 24.2 Å². The molecule has 13 heteroatoms. The van der Waals surface area contributed by atoms with Crippen LogP contribution in [0, 0.1) is 18.8 Å². The average Bonchev–Trinajstić information content (AvgIpc) is 3.70. The minimum Gasteiger partial charge on any atom is -0.489 e. The van der Waals surface area contributed by atoms with Gasteiger partial charge in [0.2, 0.25) is 10.0 Å². The van der Waals surface area contributed by atoms with E-state index in [-0.39, 0.29) is 48.6 Å². The number of nitrogens with one attached hydrogen (secondary N) is 1. The van der Waals surface area contributed by atoms with Gasteiger partial charge >= 0.3 is 12.1 Å². The Morgan fingerprint density at radius 1 is 1.00 bits per heavy atom. The number of ether oxygens (including phenoxy) is 5. The Labute approximate surface area is 293 Å². The van der Waals surface area contributed by atoms with Crippen LogP contribution in [0.4, 0.5) is 4.79 Å². The van der Waals surface area contributed by atoms with Crippen LogP contribution < -0.4 is 14.8 Å². The highest BCUT2D eigenvalue weighted by atomic mass is 32.2. The molecule has 2 aliphatic heterocycles. The van der Waals surface area contributed by atoms with Crippen LogP contribution in [0.2, 0.25) is 0 Å². The van der Waals surface area contributed by atoms with Gasteiger partial charge in [-0.1, -0.05) is 56.3 Å². The van der Waals surface area contributed by atoms with Gasteiger partial charge in [0.05, 0.1) is 36.2 Å². The molecule has 270 valence electrons. The molecule has 2 N–H and O–H groups in total. The lowest BCUT2D eigenvalue weighted by Gasteiger charge is -2.31. The maximum absolute atomic E-state index is 14.0. The molecule has 2 heterocycles. The molecule has 0 radical (unpaired) electrons. The van der Waals surface area contributed by atoms with E-state index in [0.29, 0.717) is 30.9 Å². The first-order valence-corrected chi connectivity index (χ1v) is 18.3. The maximum Gasteiger partial charge on any atom is 0.407 e. The summed E-state index contributed by atoms with van der Waals surface area (Å²) >= 11 is 0. The zero-order chi connectivity index (χ0) is 35.8. The number of alkyl carbamates (subject to hydrolysis) is 1. The van der Waals surface area contributed by atoms with Gasteiger partial charge in [-0.25, -0.2) is 13.2 Å². The number of amides is 1. The molecule has 0 saturated carbocycles. The normalized spacial score (nSPS) is 19.9. The van der Waals surface area contributed by atoms with Crippen LogP contribution in [0.3, 0.4) is 0 Å². The number of hydrogen-bond acceptors (Lipinski definition) is 10. The molecule has 0 bridgehead atoms. The maximum atomic E-state index is 14.0. The number of aliphatic hydroxyl groups is 1. The van der Waals surface area contributed by atoms with Gasteiger partial charge in [-0.05, 0) is 72.7 Å². The Morgan fingerprint density at radius 3 is 2.42 bits per heavy atom. The second-order valence-electron chi connectivity index (χ2n) is 13.1. The molecule has 12 nitrogen and oxygen atoms in total. The molecule has 2 aliphatic rings. The van der Waals surface area contributed by atoms with Gasteiger partial charge in [0.15, 0.2) is 6.29 Å². The quantitative estimate of drug-likeness (QED) is 0.169. The lowest BCUT2D eigenvalue weighted by atomic mass is 10.0. The minimum absolute atomic E-state index is 0.0108. The molecule has 0 aliphatic carbocycles. The van der Waals surface area contributed by atoms with E-state index in [4.69, 9.17) is 23.7 Å². The lowest BCUT2D eigenvalue weighted by molar-refractivity contribution is -0.131. The van der Waals surface area contributed by atoms with Gasteiger partial charge in [-0.15, -0.1) is 0 Å². The number of esters is 1. The van der Waals surface area contributed by atoms with Crippen molar-refractivity contribution in [1.82, 2.24) is 9.62 Å². The smallest absolute Gasteiger partial charge is 0.407 e. The van der Waals surface area contributed by atoms with Crippen LogP contribution >= 0.6 is 0 Å². The molecule has 2 saturated heterocycles. The number of rotatable bonds is 15. The number of benzene rings is 3. The standard InChI is InChI=1S/C37H46N2O10S/c1-24(2)20-39(50(43,44)30-14-15-34(25(3)18-30)48-26(4)40)21-33(41)32(38-37(42)49-35-23-47-36-31(35)16-17-45-36)19-27-10-12-29(13-11-27)46-22-28-8-6-5-7-9-28/h5-15,18,24,31-33,35-36,41H,16-17,19-23H2,1-4H3,(H,38,42)/t31-,32-,33+,35-,36+/m0/s1. The predicted molar refractivity (Wildman–Crippen MR) is 184 cm³/mol. The first kappa shape index (κ1) is 37.3. The van der Waals surface area contributed by atoms with Crippen LogP contribution in [-0.2, 0) is 42.1 Å². The third-order valence-corrected chi connectivity index (χ3v) is 10.5. The number of carbonyl (C=O) groups excluding carboxylic acids is 2. The van der Waals surface area contributed by atoms with E-state index in [1.807, 2.05) is 68.4 Å². The molecular formula is C37H46N2O10S. The number of sulfonamides is 1. The first-order chi connectivity index (χ1) is 23.9. The molecular weight excluding hydrogens is 664 g/mol. The SMILES string of the molecule is CC(=O)Oc1ccc(S(=O)(=O)N(CC(C)C)C[C@@H](O)[C@H](Cc2ccc(OCc3ccccc3)cc2)NC(=O)O[C@H]2CO[C@H]3OCC[C@H]32)cc1C. The summed E-state index contributed by atoms with van der Waals surface area (Å²) in [6, 6.07) is 20.4. The van der Waals surface area contributed by atoms with Gasteiger partial charge in [0, 0.05) is 20.0 Å². The fourth-order valence-corrected chi connectivity index (χ4v) is 7.79. The molecule has 3 aromatic carbocycles. The fraction of sp³-hybridized carbons (Fsp3) is 0.459. The Bertz CT molecular complexity index is 1700. The van der Waals surface area contributed by atoms with E-state index in [1.165, 1.54) is 29.4 Å². The Hall–Kier alpha value is -4.01. The summed E-state index contributed by atoms with van der Waals surface area (Å²) in [6.07, 6.45) is -2.09. The van der Waals surface area contributed by atoms with Crippen LogP contribution in [0.15, 0.2) is 77.7 Å². The number of carbonyl (C=O) groups is 2. The summed E-state index contributed by atoms with van der Waals surface area (Å²) in [5, 5.41) is 14.5. The fourth-order valence-electron chi connectivity index (χ4n) is 6.08. The summed E-state index contributed by atoms with van der Waals surface area (Å²) < 4.78 is 57.2. The van der Waals surface area contributed by atoms with E-state index < -0.39 is 46.6 Å². The molecule has 0 aromatic heterocycles. The molecule has 0 unspecified atom stereocenters. The summed E-state index contributed by atoms with van der Waals surface area (Å²) in [4.78, 5) is 24.7. The van der Waals surface area contributed by atoms with E-state index in [2.05, 4.69) is 5.32 Å². The highest BCUT2D eigenvalue weighted by molar-refractivity contribution is 7.89. The Kier molecular flexibility index (Phi) is 12.5.